The highest BCUT2D eigenvalue weighted by atomic mass is 16.4. The summed E-state index contributed by atoms with van der Waals surface area (Å²) in [7, 11) is 0. The van der Waals surface area contributed by atoms with E-state index in [2.05, 4.69) is 5.32 Å². The number of carboxylic acid groups (broad SMARTS) is 1. The van der Waals surface area contributed by atoms with Gasteiger partial charge in [0.05, 0.1) is 13.2 Å². The highest BCUT2D eigenvalue weighted by Crippen LogP contribution is 2.19. The largest absolute Gasteiger partial charge is 0.479 e. The van der Waals surface area contributed by atoms with Crippen LogP contribution in [0.3, 0.4) is 0 Å². The number of aliphatic hydroxyl groups is 3. The van der Waals surface area contributed by atoms with Gasteiger partial charge in [-0.25, -0.2) is 4.79 Å². The minimum atomic E-state index is -1.71. The van der Waals surface area contributed by atoms with Gasteiger partial charge in [0.25, 0.3) is 0 Å². The van der Waals surface area contributed by atoms with Crippen molar-refractivity contribution in [1.29, 1.82) is 0 Å². The topological polar surface area (TPSA) is 127 Å². The van der Waals surface area contributed by atoms with E-state index in [1.807, 2.05) is 0 Å². The molecule has 0 radical (unpaired) electrons. The van der Waals surface area contributed by atoms with Crippen molar-refractivity contribution in [3.63, 3.8) is 0 Å². The van der Waals surface area contributed by atoms with Gasteiger partial charge in [-0.2, -0.15) is 0 Å². The van der Waals surface area contributed by atoms with E-state index >= 15 is 0 Å². The van der Waals surface area contributed by atoms with Crippen LogP contribution in [-0.2, 0) is 9.59 Å². The van der Waals surface area contributed by atoms with Crippen LogP contribution < -0.4 is 5.32 Å². The van der Waals surface area contributed by atoms with E-state index in [0.717, 1.165) is 0 Å². The molecule has 1 amide bonds. The number of carboxylic acids is 1. The van der Waals surface area contributed by atoms with Crippen LogP contribution in [0.2, 0.25) is 0 Å². The normalized spacial score (nSPS) is 15.3. The molecule has 0 aliphatic rings. The van der Waals surface area contributed by atoms with Crippen LogP contribution in [0, 0.1) is 5.41 Å². The molecular weight excluding hydrogens is 218 g/mol. The van der Waals surface area contributed by atoms with Gasteiger partial charge in [0.15, 0.2) is 6.10 Å². The molecule has 0 aliphatic carbocycles. The number of aliphatic carboxylic acids is 1. The Morgan fingerprint density at radius 1 is 1.31 bits per heavy atom. The van der Waals surface area contributed by atoms with Crippen LogP contribution in [0.5, 0.6) is 0 Å². The number of amides is 1. The van der Waals surface area contributed by atoms with E-state index in [4.69, 9.17) is 15.3 Å². The lowest BCUT2D eigenvalue weighted by atomic mass is 9.87. The molecule has 0 aliphatic heterocycles. The lowest BCUT2D eigenvalue weighted by Crippen LogP contribution is -2.48. The van der Waals surface area contributed by atoms with Crippen molar-refractivity contribution in [2.24, 2.45) is 5.41 Å². The third-order valence-electron chi connectivity index (χ3n) is 2.15. The van der Waals surface area contributed by atoms with Crippen molar-refractivity contribution >= 4 is 11.9 Å². The third kappa shape index (κ3) is 4.13. The summed E-state index contributed by atoms with van der Waals surface area (Å²) < 4.78 is 0. The number of hydrogen-bond donors (Lipinski definition) is 5. The molecule has 0 spiro atoms. The van der Waals surface area contributed by atoms with Crippen molar-refractivity contribution in [3.8, 4) is 0 Å². The van der Waals surface area contributed by atoms with E-state index in [1.54, 1.807) is 0 Å². The molecule has 0 heterocycles. The predicted octanol–water partition coefficient (Wildman–Crippen LogP) is -2.07. The van der Waals surface area contributed by atoms with E-state index in [9.17, 15) is 14.7 Å². The third-order valence-corrected chi connectivity index (χ3v) is 2.15. The summed E-state index contributed by atoms with van der Waals surface area (Å²) in [6.45, 7) is 2.06. The zero-order chi connectivity index (χ0) is 12.9. The maximum Gasteiger partial charge on any atom is 0.334 e. The molecule has 7 heteroatoms. The fraction of sp³-hybridized carbons (Fsp3) is 0.778. The SMILES string of the molecule is CC(C)(CO)[C@@H](O)C(=O)NCC(O)C(=O)O. The number of carbonyl (C=O) groups is 2. The predicted molar refractivity (Wildman–Crippen MR) is 53.5 cm³/mol. The smallest absolute Gasteiger partial charge is 0.334 e. The van der Waals surface area contributed by atoms with E-state index in [0.29, 0.717) is 0 Å². The second-order valence-corrected chi connectivity index (χ2v) is 4.15. The van der Waals surface area contributed by atoms with Crippen LogP contribution in [0.25, 0.3) is 0 Å². The van der Waals surface area contributed by atoms with E-state index in [-0.39, 0.29) is 0 Å². The molecule has 0 aromatic heterocycles. The molecule has 0 rings (SSSR count). The second-order valence-electron chi connectivity index (χ2n) is 4.15. The highest BCUT2D eigenvalue weighted by Gasteiger charge is 2.33. The van der Waals surface area contributed by atoms with Gasteiger partial charge < -0.3 is 25.7 Å². The summed E-state index contributed by atoms with van der Waals surface area (Å²) in [6.07, 6.45) is -3.19. The monoisotopic (exact) mass is 235 g/mol. The van der Waals surface area contributed by atoms with Gasteiger partial charge in [0, 0.05) is 5.41 Å². The van der Waals surface area contributed by atoms with Gasteiger partial charge in [-0.05, 0) is 0 Å². The van der Waals surface area contributed by atoms with Crippen LogP contribution >= 0.6 is 0 Å². The number of carbonyl (C=O) groups excluding carboxylic acids is 1. The fourth-order valence-corrected chi connectivity index (χ4v) is 0.823. The molecule has 0 aromatic carbocycles. The summed E-state index contributed by atoms with van der Waals surface area (Å²) >= 11 is 0. The Balaban J connectivity index is 4.22. The van der Waals surface area contributed by atoms with Gasteiger partial charge in [-0.3, -0.25) is 4.79 Å². The van der Waals surface area contributed by atoms with Gasteiger partial charge >= 0.3 is 5.97 Å². The molecular formula is C9H17NO6. The lowest BCUT2D eigenvalue weighted by molar-refractivity contribution is -0.147. The Kier molecular flexibility index (Phi) is 5.36. The quantitative estimate of drug-likeness (QED) is 0.360. The van der Waals surface area contributed by atoms with Gasteiger partial charge in [-0.15, -0.1) is 0 Å². The van der Waals surface area contributed by atoms with Crippen molar-refractivity contribution in [1.82, 2.24) is 5.32 Å². The maximum atomic E-state index is 11.3. The molecule has 0 aromatic rings. The summed E-state index contributed by atoms with van der Waals surface area (Å²) in [5, 5.41) is 37.7. The lowest BCUT2D eigenvalue weighted by Gasteiger charge is -2.27. The number of nitrogens with one attached hydrogen (secondary N) is 1. The fourth-order valence-electron chi connectivity index (χ4n) is 0.823. The molecule has 16 heavy (non-hydrogen) atoms. The summed E-state index contributed by atoms with van der Waals surface area (Å²) in [5.74, 6) is -2.30. The van der Waals surface area contributed by atoms with E-state index < -0.39 is 42.7 Å². The first-order valence-electron chi connectivity index (χ1n) is 4.70. The molecule has 0 saturated heterocycles. The Labute approximate surface area is 92.7 Å². The molecule has 5 N–H and O–H groups in total. The van der Waals surface area contributed by atoms with Crippen LogP contribution in [0.1, 0.15) is 13.8 Å². The average Bonchev–Trinajstić information content (AvgIpc) is 2.23. The van der Waals surface area contributed by atoms with Crippen LogP contribution in [-0.4, -0.2) is 57.7 Å². The van der Waals surface area contributed by atoms with Gasteiger partial charge in [0.1, 0.15) is 6.10 Å². The molecule has 0 bridgehead atoms. The number of aliphatic hydroxyl groups excluding tert-OH is 3. The Hall–Kier alpha value is -1.18. The molecule has 94 valence electrons. The maximum absolute atomic E-state index is 11.3. The van der Waals surface area contributed by atoms with Crippen molar-refractivity contribution in [2.75, 3.05) is 13.2 Å². The minimum absolute atomic E-state index is 0.400. The van der Waals surface area contributed by atoms with Crippen LogP contribution in [0.4, 0.5) is 0 Å². The molecule has 7 nitrogen and oxygen atoms in total. The zero-order valence-electron chi connectivity index (χ0n) is 9.17. The molecule has 0 saturated carbocycles. The standard InChI is InChI=1S/C9H17NO6/c1-9(2,4-11)6(13)7(14)10-3-5(12)8(15)16/h5-6,11-13H,3-4H2,1-2H3,(H,10,14)(H,15,16)/t5?,6-/m0/s1. The molecule has 0 fully saturated rings. The molecule has 2 atom stereocenters. The summed E-state index contributed by atoms with van der Waals surface area (Å²) in [6, 6.07) is 0. The Morgan fingerprint density at radius 3 is 2.19 bits per heavy atom. The minimum Gasteiger partial charge on any atom is -0.479 e. The van der Waals surface area contributed by atoms with E-state index in [1.165, 1.54) is 13.8 Å². The second kappa shape index (κ2) is 5.78. The first kappa shape index (κ1) is 14.8. The summed E-state index contributed by atoms with van der Waals surface area (Å²) in [4.78, 5) is 21.5. The van der Waals surface area contributed by atoms with Gasteiger partial charge in [0.2, 0.25) is 5.91 Å². The average molecular weight is 235 g/mol. The summed E-state index contributed by atoms with van der Waals surface area (Å²) in [5.41, 5.74) is -1.03. The number of hydrogen-bond acceptors (Lipinski definition) is 5. The zero-order valence-corrected chi connectivity index (χ0v) is 9.17. The van der Waals surface area contributed by atoms with Crippen molar-refractivity contribution < 1.29 is 30.0 Å². The van der Waals surface area contributed by atoms with Crippen LogP contribution in [0.15, 0.2) is 0 Å². The Morgan fingerprint density at radius 2 is 1.81 bits per heavy atom. The number of rotatable bonds is 6. The molecule has 1 unspecified atom stereocenters. The van der Waals surface area contributed by atoms with Crippen molar-refractivity contribution in [2.45, 2.75) is 26.1 Å². The van der Waals surface area contributed by atoms with Gasteiger partial charge in [-0.1, -0.05) is 13.8 Å². The first-order valence-corrected chi connectivity index (χ1v) is 4.70. The Bertz CT molecular complexity index is 265. The highest BCUT2D eigenvalue weighted by molar-refractivity contribution is 5.82. The first-order chi connectivity index (χ1) is 7.22. The van der Waals surface area contributed by atoms with Crippen molar-refractivity contribution in [3.05, 3.63) is 0 Å².